The van der Waals surface area contributed by atoms with E-state index in [4.69, 9.17) is 16.6 Å². The number of fused-ring (bicyclic) bond motifs is 3. The molecule has 0 bridgehead atoms. The van der Waals surface area contributed by atoms with E-state index in [0.29, 0.717) is 5.02 Å². The molecule has 6 nitrogen and oxygen atoms in total. The Bertz CT molecular complexity index is 855. The molecule has 0 spiro atoms. The average Bonchev–Trinajstić information content (AvgIpc) is 2.97. The lowest BCUT2D eigenvalue weighted by atomic mass is 10.2. The fourth-order valence-corrected chi connectivity index (χ4v) is 3.63. The van der Waals surface area contributed by atoms with Crippen LogP contribution >= 0.6 is 27.5 Å². The molecule has 0 radical (unpaired) electrons. The Balaban J connectivity index is 1.95. The van der Waals surface area contributed by atoms with Gasteiger partial charge >= 0.3 is 0 Å². The van der Waals surface area contributed by atoms with Crippen molar-refractivity contribution in [3.05, 3.63) is 28.0 Å². The maximum absolute atomic E-state index is 6.39. The van der Waals surface area contributed by atoms with Crippen LogP contribution in [0.25, 0.3) is 16.7 Å². The van der Waals surface area contributed by atoms with Gasteiger partial charge in [-0.3, -0.25) is 4.40 Å². The highest BCUT2D eigenvalue weighted by atomic mass is 79.9. The first-order valence-electron chi connectivity index (χ1n) is 7.05. The minimum Gasteiger partial charge on any atom is -0.351 e. The molecule has 8 heteroatoms. The molecule has 114 valence electrons. The van der Waals surface area contributed by atoms with Crippen LogP contribution in [0.3, 0.4) is 0 Å². The first-order valence-corrected chi connectivity index (χ1v) is 8.22. The highest BCUT2D eigenvalue weighted by Gasteiger charge is 2.21. The first-order chi connectivity index (χ1) is 10.6. The summed E-state index contributed by atoms with van der Waals surface area (Å²) in [4.78, 5) is 9.36. The SMILES string of the molecule is CN1CCN(c2nc3c(Cl)cc(Br)cc3n3cnnc23)CC1. The second kappa shape index (κ2) is 5.33. The second-order valence-electron chi connectivity index (χ2n) is 5.51. The van der Waals surface area contributed by atoms with Crippen LogP contribution in [0.1, 0.15) is 0 Å². The van der Waals surface area contributed by atoms with Gasteiger partial charge in [0, 0.05) is 30.7 Å². The van der Waals surface area contributed by atoms with Crippen LogP contribution in [-0.4, -0.2) is 57.7 Å². The number of aromatic nitrogens is 4. The molecule has 1 saturated heterocycles. The third-order valence-electron chi connectivity index (χ3n) is 4.04. The number of anilines is 1. The van der Waals surface area contributed by atoms with Crippen molar-refractivity contribution in [2.24, 2.45) is 0 Å². The van der Waals surface area contributed by atoms with Gasteiger partial charge in [0.1, 0.15) is 11.8 Å². The Hall–Kier alpha value is -1.44. The number of hydrogen-bond acceptors (Lipinski definition) is 5. The van der Waals surface area contributed by atoms with Gasteiger partial charge in [0.25, 0.3) is 0 Å². The lowest BCUT2D eigenvalue weighted by Crippen LogP contribution is -2.45. The topological polar surface area (TPSA) is 49.6 Å². The van der Waals surface area contributed by atoms with E-state index in [9.17, 15) is 0 Å². The molecule has 0 saturated carbocycles. The molecule has 0 aliphatic carbocycles. The zero-order valence-corrected chi connectivity index (χ0v) is 14.3. The Kier molecular flexibility index (Phi) is 3.43. The monoisotopic (exact) mass is 380 g/mol. The van der Waals surface area contributed by atoms with Crippen molar-refractivity contribution >= 4 is 50.0 Å². The second-order valence-corrected chi connectivity index (χ2v) is 6.83. The number of nitrogens with zero attached hydrogens (tertiary/aromatic N) is 6. The number of benzene rings is 1. The van der Waals surface area contributed by atoms with Crippen molar-refractivity contribution in [3.8, 4) is 0 Å². The summed E-state index contributed by atoms with van der Waals surface area (Å²) in [7, 11) is 2.13. The van der Waals surface area contributed by atoms with Gasteiger partial charge in [-0.1, -0.05) is 27.5 Å². The van der Waals surface area contributed by atoms with Crippen LogP contribution < -0.4 is 4.90 Å². The molecule has 0 unspecified atom stereocenters. The maximum atomic E-state index is 6.39. The van der Waals surface area contributed by atoms with Crippen LogP contribution in [-0.2, 0) is 0 Å². The summed E-state index contributed by atoms with van der Waals surface area (Å²) in [5.41, 5.74) is 2.44. The summed E-state index contributed by atoms with van der Waals surface area (Å²) in [6, 6.07) is 3.85. The number of rotatable bonds is 1. The van der Waals surface area contributed by atoms with Crippen molar-refractivity contribution in [1.29, 1.82) is 0 Å². The largest absolute Gasteiger partial charge is 0.351 e. The summed E-state index contributed by atoms with van der Waals surface area (Å²) in [6.45, 7) is 3.86. The molecular formula is C14H14BrClN6. The van der Waals surface area contributed by atoms with Gasteiger partial charge in [0.2, 0.25) is 5.65 Å². The third-order valence-corrected chi connectivity index (χ3v) is 4.78. The molecule has 0 amide bonds. The average molecular weight is 382 g/mol. The van der Waals surface area contributed by atoms with Gasteiger partial charge in [-0.2, -0.15) is 0 Å². The van der Waals surface area contributed by atoms with E-state index in [2.05, 4.69) is 43.0 Å². The molecule has 1 fully saturated rings. The van der Waals surface area contributed by atoms with Crippen molar-refractivity contribution in [2.45, 2.75) is 0 Å². The first kappa shape index (κ1) is 14.2. The summed E-state index contributed by atoms with van der Waals surface area (Å²) >= 11 is 9.87. The number of piperazine rings is 1. The van der Waals surface area contributed by atoms with Gasteiger partial charge < -0.3 is 9.80 Å². The minimum absolute atomic E-state index is 0.621. The molecule has 3 heterocycles. The third kappa shape index (κ3) is 2.24. The Morgan fingerprint density at radius 3 is 2.73 bits per heavy atom. The normalized spacial score (nSPS) is 16.8. The number of halogens is 2. The fourth-order valence-electron chi connectivity index (χ4n) is 2.80. The standard InChI is InChI=1S/C14H14BrClN6/c1-20-2-4-21(5-3-20)13-14-19-17-8-22(14)11-7-9(15)6-10(16)12(11)18-13/h6-8H,2-5H2,1H3. The molecule has 1 aliphatic rings. The van der Waals surface area contributed by atoms with Crippen molar-refractivity contribution in [1.82, 2.24) is 24.5 Å². The molecule has 3 aromatic rings. The summed E-state index contributed by atoms with van der Waals surface area (Å²) in [5, 5.41) is 8.94. The van der Waals surface area contributed by atoms with Gasteiger partial charge in [-0.15, -0.1) is 10.2 Å². The van der Waals surface area contributed by atoms with E-state index in [1.807, 2.05) is 16.5 Å². The van der Waals surface area contributed by atoms with E-state index in [1.54, 1.807) is 6.33 Å². The van der Waals surface area contributed by atoms with Crippen LogP contribution in [0.5, 0.6) is 0 Å². The summed E-state index contributed by atoms with van der Waals surface area (Å²) in [6.07, 6.45) is 1.71. The number of likely N-dealkylation sites (N-methyl/N-ethyl adjacent to an activating group) is 1. The zero-order valence-electron chi connectivity index (χ0n) is 12.0. The van der Waals surface area contributed by atoms with E-state index in [0.717, 1.165) is 53.2 Å². The van der Waals surface area contributed by atoms with Crippen molar-refractivity contribution < 1.29 is 0 Å². The smallest absolute Gasteiger partial charge is 0.204 e. The Morgan fingerprint density at radius 1 is 1.18 bits per heavy atom. The number of hydrogen-bond donors (Lipinski definition) is 0. The molecule has 22 heavy (non-hydrogen) atoms. The molecule has 1 aromatic carbocycles. The molecule has 2 aromatic heterocycles. The lowest BCUT2D eigenvalue weighted by molar-refractivity contribution is 0.312. The maximum Gasteiger partial charge on any atom is 0.204 e. The van der Waals surface area contributed by atoms with Gasteiger partial charge in [0.05, 0.1) is 10.5 Å². The van der Waals surface area contributed by atoms with Crippen LogP contribution in [0.4, 0.5) is 5.82 Å². The molecule has 0 N–H and O–H groups in total. The van der Waals surface area contributed by atoms with E-state index in [-0.39, 0.29) is 0 Å². The van der Waals surface area contributed by atoms with E-state index < -0.39 is 0 Å². The Morgan fingerprint density at radius 2 is 1.95 bits per heavy atom. The van der Waals surface area contributed by atoms with Crippen molar-refractivity contribution in [2.75, 3.05) is 38.1 Å². The summed E-state index contributed by atoms with van der Waals surface area (Å²) in [5.74, 6) is 0.849. The summed E-state index contributed by atoms with van der Waals surface area (Å²) < 4.78 is 2.86. The lowest BCUT2D eigenvalue weighted by Gasteiger charge is -2.33. The molecule has 4 rings (SSSR count). The van der Waals surface area contributed by atoms with E-state index in [1.165, 1.54) is 0 Å². The molecule has 0 atom stereocenters. The van der Waals surface area contributed by atoms with Gasteiger partial charge in [-0.25, -0.2) is 4.98 Å². The minimum atomic E-state index is 0.621. The molecule has 1 aliphatic heterocycles. The van der Waals surface area contributed by atoms with Crippen LogP contribution in [0, 0.1) is 0 Å². The van der Waals surface area contributed by atoms with Crippen molar-refractivity contribution in [3.63, 3.8) is 0 Å². The quantitative estimate of drug-likeness (QED) is 0.648. The highest BCUT2D eigenvalue weighted by Crippen LogP contribution is 2.30. The van der Waals surface area contributed by atoms with Crippen LogP contribution in [0.15, 0.2) is 22.9 Å². The molecular weight excluding hydrogens is 368 g/mol. The van der Waals surface area contributed by atoms with Gasteiger partial charge in [-0.05, 0) is 19.2 Å². The Labute approximate surface area is 140 Å². The zero-order chi connectivity index (χ0) is 15.3. The predicted molar refractivity (Wildman–Crippen MR) is 90.7 cm³/mol. The van der Waals surface area contributed by atoms with E-state index >= 15 is 0 Å². The predicted octanol–water partition coefficient (Wildman–Crippen LogP) is 2.45. The van der Waals surface area contributed by atoms with Gasteiger partial charge in [0.15, 0.2) is 5.82 Å². The highest BCUT2D eigenvalue weighted by molar-refractivity contribution is 9.10. The van der Waals surface area contributed by atoms with Crippen LogP contribution in [0.2, 0.25) is 5.02 Å². The fraction of sp³-hybridized carbons (Fsp3) is 0.357.